The molecule has 1 amide bonds. The summed E-state index contributed by atoms with van der Waals surface area (Å²) in [6, 6.07) is 4.27. The van der Waals surface area contributed by atoms with Gasteiger partial charge in [-0.2, -0.15) is 17.6 Å². The maximum Gasteiger partial charge on any atom is 0.458 e. The van der Waals surface area contributed by atoms with Crippen molar-refractivity contribution in [1.82, 2.24) is 0 Å². The molecular weight excluding hydrogens is 334 g/mol. The molecule has 106 valence electrons. The van der Waals surface area contributed by atoms with Crippen molar-refractivity contribution in [3.63, 3.8) is 0 Å². The minimum Gasteiger partial charge on any atom is -0.335 e. The molecule has 0 aromatic heterocycles. The number of rotatable bonds is 3. The molecule has 0 radical (unpaired) electrons. The van der Waals surface area contributed by atoms with E-state index >= 15 is 0 Å². The van der Waals surface area contributed by atoms with E-state index in [9.17, 15) is 22.4 Å². The van der Waals surface area contributed by atoms with Crippen LogP contribution in [0, 0.1) is 6.92 Å². The van der Waals surface area contributed by atoms with Crippen molar-refractivity contribution in [2.75, 3.05) is 12.4 Å². The molecule has 1 atom stereocenters. The first-order valence-corrected chi connectivity index (χ1v) is 5.79. The minimum atomic E-state index is -5.46. The summed E-state index contributed by atoms with van der Waals surface area (Å²) in [6.07, 6.45) is -5.46. The van der Waals surface area contributed by atoms with Gasteiger partial charge in [-0.3, -0.25) is 4.79 Å². The Hall–Kier alpha value is -1.15. The summed E-state index contributed by atoms with van der Waals surface area (Å²) in [5.41, 5.74) is 0.831. The predicted molar refractivity (Wildman–Crippen MR) is 64.4 cm³/mol. The molecule has 8 heteroatoms. The number of anilines is 1. The number of carbonyl (C=O) groups excluding carboxylic acids is 1. The summed E-state index contributed by atoms with van der Waals surface area (Å²) in [5, 5.41) is 1.82. The molecular formula is C11H10BrF4NO2. The topological polar surface area (TPSA) is 38.3 Å². The lowest BCUT2D eigenvalue weighted by Gasteiger charge is -2.24. The quantitative estimate of drug-likeness (QED) is 0.852. The lowest BCUT2D eigenvalue weighted by Crippen LogP contribution is -2.52. The molecule has 1 aromatic carbocycles. The van der Waals surface area contributed by atoms with Gasteiger partial charge in [0, 0.05) is 17.3 Å². The molecule has 0 bridgehead atoms. The smallest absolute Gasteiger partial charge is 0.335 e. The Morgan fingerprint density at radius 3 is 2.32 bits per heavy atom. The van der Waals surface area contributed by atoms with Crippen LogP contribution in [0.2, 0.25) is 0 Å². The van der Waals surface area contributed by atoms with Gasteiger partial charge in [0.25, 0.3) is 5.91 Å². The van der Waals surface area contributed by atoms with Crippen molar-refractivity contribution in [3.05, 3.63) is 28.2 Å². The van der Waals surface area contributed by atoms with E-state index in [1.807, 2.05) is 5.32 Å². The zero-order chi connectivity index (χ0) is 14.8. The lowest BCUT2D eigenvalue weighted by atomic mass is 10.2. The van der Waals surface area contributed by atoms with Crippen LogP contribution < -0.4 is 5.32 Å². The third kappa shape index (κ3) is 3.24. The van der Waals surface area contributed by atoms with Crippen molar-refractivity contribution in [3.8, 4) is 0 Å². The number of alkyl halides is 4. The molecule has 0 unspecified atom stereocenters. The maximum atomic E-state index is 13.5. The first-order valence-electron chi connectivity index (χ1n) is 5.00. The van der Waals surface area contributed by atoms with Crippen molar-refractivity contribution < 1.29 is 27.1 Å². The van der Waals surface area contributed by atoms with E-state index in [-0.39, 0.29) is 5.69 Å². The number of nitrogens with one attached hydrogen (secondary N) is 1. The fourth-order valence-electron chi connectivity index (χ4n) is 1.22. The zero-order valence-electron chi connectivity index (χ0n) is 9.94. The summed E-state index contributed by atoms with van der Waals surface area (Å²) in [4.78, 5) is 11.4. The maximum absolute atomic E-state index is 13.5. The van der Waals surface area contributed by atoms with Gasteiger partial charge in [-0.25, -0.2) is 0 Å². The zero-order valence-corrected chi connectivity index (χ0v) is 11.5. The monoisotopic (exact) mass is 343 g/mol. The number of hydrogen-bond acceptors (Lipinski definition) is 2. The van der Waals surface area contributed by atoms with E-state index in [1.54, 1.807) is 13.0 Å². The lowest BCUT2D eigenvalue weighted by molar-refractivity contribution is -0.305. The van der Waals surface area contributed by atoms with Crippen molar-refractivity contribution >= 4 is 27.5 Å². The molecule has 0 aliphatic rings. The van der Waals surface area contributed by atoms with Crippen LogP contribution in [-0.4, -0.2) is 25.0 Å². The summed E-state index contributed by atoms with van der Waals surface area (Å²) >= 11 is 3.14. The second kappa shape index (κ2) is 5.46. The Kier molecular flexibility index (Phi) is 4.57. The highest BCUT2D eigenvalue weighted by Crippen LogP contribution is 2.35. The van der Waals surface area contributed by atoms with Crippen molar-refractivity contribution in [2.24, 2.45) is 0 Å². The highest BCUT2D eigenvalue weighted by molar-refractivity contribution is 9.10. The van der Waals surface area contributed by atoms with E-state index in [0.29, 0.717) is 11.6 Å². The SMILES string of the molecule is CO[C@@](F)(C(=O)Nc1ccc(C)c(Br)c1)C(F)(F)F. The number of halogens is 5. The van der Waals surface area contributed by atoms with Gasteiger partial charge in [0.15, 0.2) is 0 Å². The molecule has 0 spiro atoms. The third-order valence-electron chi connectivity index (χ3n) is 2.37. The predicted octanol–water partition coefficient (Wildman–Crippen LogP) is 3.57. The normalized spacial score (nSPS) is 14.9. The highest BCUT2D eigenvalue weighted by Gasteiger charge is 2.63. The highest BCUT2D eigenvalue weighted by atomic mass is 79.9. The Labute approximate surface area is 115 Å². The number of ether oxygens (including phenoxy) is 1. The van der Waals surface area contributed by atoms with E-state index < -0.39 is 17.9 Å². The van der Waals surface area contributed by atoms with Crippen LogP contribution in [0.4, 0.5) is 23.2 Å². The molecule has 3 nitrogen and oxygen atoms in total. The van der Waals surface area contributed by atoms with E-state index in [1.165, 1.54) is 12.1 Å². The van der Waals surface area contributed by atoms with E-state index in [4.69, 9.17) is 0 Å². The average Bonchev–Trinajstić information content (AvgIpc) is 2.31. The molecule has 0 saturated heterocycles. The Bertz CT molecular complexity index is 492. The van der Waals surface area contributed by atoms with Gasteiger partial charge in [0.1, 0.15) is 0 Å². The molecule has 0 fully saturated rings. The molecule has 19 heavy (non-hydrogen) atoms. The largest absolute Gasteiger partial charge is 0.458 e. The van der Waals surface area contributed by atoms with Gasteiger partial charge in [-0.15, -0.1) is 0 Å². The summed E-state index contributed by atoms with van der Waals surface area (Å²) in [7, 11) is 0.470. The van der Waals surface area contributed by atoms with Crippen LogP contribution >= 0.6 is 15.9 Å². The first-order chi connectivity index (χ1) is 8.61. The van der Waals surface area contributed by atoms with E-state index in [2.05, 4.69) is 20.7 Å². The second-order valence-electron chi connectivity index (χ2n) is 3.72. The van der Waals surface area contributed by atoms with Crippen LogP contribution in [-0.2, 0) is 9.53 Å². The Morgan fingerprint density at radius 2 is 1.89 bits per heavy atom. The van der Waals surface area contributed by atoms with Crippen LogP contribution in [0.1, 0.15) is 5.56 Å². The Morgan fingerprint density at radius 1 is 1.32 bits per heavy atom. The van der Waals surface area contributed by atoms with Crippen molar-refractivity contribution in [2.45, 2.75) is 19.0 Å². The first kappa shape index (κ1) is 15.9. The third-order valence-corrected chi connectivity index (χ3v) is 3.22. The summed E-state index contributed by atoms with van der Waals surface area (Å²) in [5.74, 6) is -6.32. The molecule has 0 aliphatic heterocycles. The number of methoxy groups -OCH3 is 1. The molecule has 0 heterocycles. The Balaban J connectivity index is 2.98. The van der Waals surface area contributed by atoms with Gasteiger partial charge in [0.05, 0.1) is 0 Å². The summed E-state index contributed by atoms with van der Waals surface area (Å²) in [6.45, 7) is 1.75. The fourth-order valence-corrected chi connectivity index (χ4v) is 1.60. The standard InChI is InChI=1S/C11H10BrF4NO2/c1-6-3-4-7(5-8(6)12)17-9(18)10(13,19-2)11(14,15)16/h3-5H,1-2H3,(H,17,18)/t10-/m0/s1. The van der Waals surface area contributed by atoms with Crippen molar-refractivity contribution in [1.29, 1.82) is 0 Å². The van der Waals surface area contributed by atoms with Crippen LogP contribution in [0.25, 0.3) is 0 Å². The fraction of sp³-hybridized carbons (Fsp3) is 0.364. The van der Waals surface area contributed by atoms with Gasteiger partial charge in [-0.05, 0) is 24.6 Å². The van der Waals surface area contributed by atoms with Gasteiger partial charge < -0.3 is 10.1 Å². The van der Waals surface area contributed by atoms with Crippen LogP contribution in [0.15, 0.2) is 22.7 Å². The van der Waals surface area contributed by atoms with E-state index in [0.717, 1.165) is 5.56 Å². The average molecular weight is 344 g/mol. The molecule has 1 rings (SSSR count). The minimum absolute atomic E-state index is 0.0193. The molecule has 0 saturated carbocycles. The molecule has 1 aromatic rings. The number of aryl methyl sites for hydroxylation is 1. The number of hydrogen-bond donors (Lipinski definition) is 1. The van der Waals surface area contributed by atoms with Crippen LogP contribution in [0.5, 0.6) is 0 Å². The van der Waals surface area contributed by atoms with Gasteiger partial charge in [0.2, 0.25) is 0 Å². The molecule has 1 N–H and O–H groups in total. The number of benzene rings is 1. The summed E-state index contributed by atoms with van der Waals surface area (Å²) < 4.78 is 55.1. The van der Waals surface area contributed by atoms with Crippen LogP contribution in [0.3, 0.4) is 0 Å². The van der Waals surface area contributed by atoms with Gasteiger partial charge >= 0.3 is 12.0 Å². The number of amides is 1. The second-order valence-corrected chi connectivity index (χ2v) is 4.57. The van der Waals surface area contributed by atoms with Gasteiger partial charge in [-0.1, -0.05) is 22.0 Å². The number of carbonyl (C=O) groups is 1. The molecule has 0 aliphatic carbocycles.